The fourth-order valence-corrected chi connectivity index (χ4v) is 1.54. The van der Waals surface area contributed by atoms with E-state index in [4.69, 9.17) is 14.2 Å². The summed E-state index contributed by atoms with van der Waals surface area (Å²) < 4.78 is 14.9. The average molecular weight is 216 g/mol. The number of rotatable bonds is 4. The van der Waals surface area contributed by atoms with Crippen molar-refractivity contribution in [3.63, 3.8) is 0 Å². The normalized spacial score (nSPS) is 18.5. The Bertz CT molecular complexity index is 222. The molecule has 0 bridgehead atoms. The first-order valence-electron chi connectivity index (χ1n) is 5.15. The van der Waals surface area contributed by atoms with Crippen molar-refractivity contribution in [3.05, 3.63) is 0 Å². The lowest BCUT2D eigenvalue weighted by molar-refractivity contribution is -0.184. The maximum Gasteiger partial charge on any atom is 0.350 e. The number of hydrogen-bond donors (Lipinski definition) is 0. The van der Waals surface area contributed by atoms with Gasteiger partial charge in [0.15, 0.2) is 0 Å². The molecule has 0 N–H and O–H groups in total. The Morgan fingerprint density at radius 1 is 1.20 bits per heavy atom. The van der Waals surface area contributed by atoms with E-state index in [2.05, 4.69) is 0 Å². The Labute approximate surface area is 88.7 Å². The first-order chi connectivity index (χ1) is 7.17. The molecule has 0 aliphatic carbocycles. The standard InChI is InChI=1S/C10H16O5/c1-3-13-8(11)10(6-5-7-15-10)9(12)14-4-2/h3-7H2,1-2H3. The van der Waals surface area contributed by atoms with Crippen molar-refractivity contribution < 1.29 is 23.8 Å². The highest BCUT2D eigenvalue weighted by atomic mass is 16.6. The second kappa shape index (κ2) is 5.11. The van der Waals surface area contributed by atoms with Gasteiger partial charge in [-0.3, -0.25) is 0 Å². The van der Waals surface area contributed by atoms with Crippen LogP contribution in [0.5, 0.6) is 0 Å². The van der Waals surface area contributed by atoms with Crippen molar-refractivity contribution in [2.75, 3.05) is 19.8 Å². The van der Waals surface area contributed by atoms with Crippen LogP contribution >= 0.6 is 0 Å². The summed E-state index contributed by atoms with van der Waals surface area (Å²) in [5, 5.41) is 0. The Morgan fingerprint density at radius 2 is 1.73 bits per heavy atom. The number of ether oxygens (including phenoxy) is 3. The minimum absolute atomic E-state index is 0.226. The number of hydrogen-bond acceptors (Lipinski definition) is 5. The molecular formula is C10H16O5. The van der Waals surface area contributed by atoms with Gasteiger partial charge in [0.25, 0.3) is 5.60 Å². The maximum atomic E-state index is 11.6. The van der Waals surface area contributed by atoms with Crippen LogP contribution in [0.4, 0.5) is 0 Å². The van der Waals surface area contributed by atoms with Crippen molar-refractivity contribution in [2.45, 2.75) is 32.3 Å². The van der Waals surface area contributed by atoms with E-state index in [1.165, 1.54) is 0 Å². The number of carbonyl (C=O) groups is 2. The molecule has 0 radical (unpaired) electrons. The predicted molar refractivity (Wildman–Crippen MR) is 51.2 cm³/mol. The van der Waals surface area contributed by atoms with Crippen LogP contribution in [0.1, 0.15) is 26.7 Å². The highest BCUT2D eigenvalue weighted by Crippen LogP contribution is 2.28. The monoisotopic (exact) mass is 216 g/mol. The van der Waals surface area contributed by atoms with Gasteiger partial charge in [-0.15, -0.1) is 0 Å². The molecule has 0 aromatic rings. The van der Waals surface area contributed by atoms with Gasteiger partial charge in [-0.1, -0.05) is 0 Å². The Balaban J connectivity index is 2.78. The zero-order valence-electron chi connectivity index (χ0n) is 9.08. The van der Waals surface area contributed by atoms with E-state index >= 15 is 0 Å². The van der Waals surface area contributed by atoms with Crippen molar-refractivity contribution >= 4 is 11.9 Å². The van der Waals surface area contributed by atoms with Crippen LogP contribution in [0.25, 0.3) is 0 Å². The second-order valence-corrected chi connectivity index (χ2v) is 3.22. The van der Waals surface area contributed by atoms with Crippen LogP contribution in [0.15, 0.2) is 0 Å². The molecule has 0 saturated carbocycles. The molecule has 1 saturated heterocycles. The Hall–Kier alpha value is -1.10. The maximum absolute atomic E-state index is 11.6. The predicted octanol–water partition coefficient (Wildman–Crippen LogP) is 0.662. The van der Waals surface area contributed by atoms with Crippen molar-refractivity contribution in [2.24, 2.45) is 0 Å². The lowest BCUT2D eigenvalue weighted by Crippen LogP contribution is -2.48. The van der Waals surface area contributed by atoms with Crippen LogP contribution in [-0.2, 0) is 23.8 Å². The minimum atomic E-state index is -1.51. The SMILES string of the molecule is CCOC(=O)C1(C(=O)OCC)CCCO1. The molecule has 1 aliphatic rings. The third kappa shape index (κ3) is 2.28. The first-order valence-corrected chi connectivity index (χ1v) is 5.15. The molecular weight excluding hydrogens is 200 g/mol. The zero-order chi connectivity index (χ0) is 11.3. The molecule has 5 heteroatoms. The number of carbonyl (C=O) groups excluding carboxylic acids is 2. The summed E-state index contributed by atoms with van der Waals surface area (Å²) >= 11 is 0. The summed E-state index contributed by atoms with van der Waals surface area (Å²) in [6.07, 6.45) is 1.00. The summed E-state index contributed by atoms with van der Waals surface area (Å²) in [6, 6.07) is 0. The van der Waals surface area contributed by atoms with Gasteiger partial charge in [0.2, 0.25) is 0 Å². The van der Waals surface area contributed by atoms with Crippen LogP contribution in [0, 0.1) is 0 Å². The van der Waals surface area contributed by atoms with E-state index in [1.54, 1.807) is 13.8 Å². The van der Waals surface area contributed by atoms with Crippen LogP contribution < -0.4 is 0 Å². The molecule has 1 rings (SSSR count). The molecule has 86 valence electrons. The molecule has 0 aromatic heterocycles. The molecule has 0 amide bonds. The summed E-state index contributed by atoms with van der Waals surface area (Å²) in [6.45, 7) is 4.21. The third-order valence-corrected chi connectivity index (χ3v) is 2.23. The third-order valence-electron chi connectivity index (χ3n) is 2.23. The molecule has 1 heterocycles. The van der Waals surface area contributed by atoms with Gasteiger partial charge in [0.1, 0.15) is 0 Å². The van der Waals surface area contributed by atoms with E-state index in [0.29, 0.717) is 19.4 Å². The van der Waals surface area contributed by atoms with Gasteiger partial charge in [-0.2, -0.15) is 0 Å². The van der Waals surface area contributed by atoms with Crippen molar-refractivity contribution in [1.82, 2.24) is 0 Å². The lowest BCUT2D eigenvalue weighted by Gasteiger charge is -2.23. The van der Waals surface area contributed by atoms with Crippen molar-refractivity contribution in [1.29, 1.82) is 0 Å². The van der Waals surface area contributed by atoms with Gasteiger partial charge in [0, 0.05) is 13.0 Å². The molecule has 1 aliphatic heterocycles. The molecule has 15 heavy (non-hydrogen) atoms. The second-order valence-electron chi connectivity index (χ2n) is 3.22. The first kappa shape index (κ1) is 12.0. The zero-order valence-corrected chi connectivity index (χ0v) is 9.08. The molecule has 1 fully saturated rings. The van der Waals surface area contributed by atoms with Gasteiger partial charge < -0.3 is 14.2 Å². The topological polar surface area (TPSA) is 61.8 Å². The van der Waals surface area contributed by atoms with Crippen molar-refractivity contribution in [3.8, 4) is 0 Å². The Kier molecular flexibility index (Phi) is 4.08. The Morgan fingerprint density at radius 3 is 2.07 bits per heavy atom. The number of esters is 2. The summed E-state index contributed by atoms with van der Waals surface area (Å²) in [5.74, 6) is -1.28. The fraction of sp³-hybridized carbons (Fsp3) is 0.800. The lowest BCUT2D eigenvalue weighted by atomic mass is 10.0. The van der Waals surface area contributed by atoms with E-state index < -0.39 is 17.5 Å². The summed E-state index contributed by atoms with van der Waals surface area (Å²) in [7, 11) is 0. The molecule has 0 spiro atoms. The largest absolute Gasteiger partial charge is 0.463 e. The highest BCUT2D eigenvalue weighted by molar-refractivity contribution is 6.03. The molecule has 0 aromatic carbocycles. The average Bonchev–Trinajstić information content (AvgIpc) is 2.68. The van der Waals surface area contributed by atoms with Crippen LogP contribution in [-0.4, -0.2) is 37.4 Å². The van der Waals surface area contributed by atoms with E-state index in [1.807, 2.05) is 0 Å². The van der Waals surface area contributed by atoms with Crippen LogP contribution in [0.2, 0.25) is 0 Å². The highest BCUT2D eigenvalue weighted by Gasteiger charge is 2.52. The van der Waals surface area contributed by atoms with Gasteiger partial charge >= 0.3 is 11.9 Å². The van der Waals surface area contributed by atoms with Gasteiger partial charge in [0.05, 0.1) is 13.2 Å². The quantitative estimate of drug-likeness (QED) is 0.510. The summed E-state index contributed by atoms with van der Waals surface area (Å²) in [5.41, 5.74) is -1.51. The van der Waals surface area contributed by atoms with E-state index in [0.717, 1.165) is 0 Å². The van der Waals surface area contributed by atoms with E-state index in [-0.39, 0.29) is 13.2 Å². The molecule has 5 nitrogen and oxygen atoms in total. The minimum Gasteiger partial charge on any atom is -0.463 e. The summed E-state index contributed by atoms with van der Waals surface area (Å²) in [4.78, 5) is 23.3. The van der Waals surface area contributed by atoms with Crippen LogP contribution in [0.3, 0.4) is 0 Å². The van der Waals surface area contributed by atoms with E-state index in [9.17, 15) is 9.59 Å². The van der Waals surface area contributed by atoms with Gasteiger partial charge in [-0.25, -0.2) is 9.59 Å². The van der Waals surface area contributed by atoms with Gasteiger partial charge in [-0.05, 0) is 20.3 Å². The molecule has 0 atom stereocenters. The fourth-order valence-electron chi connectivity index (χ4n) is 1.54. The molecule has 0 unspecified atom stereocenters. The smallest absolute Gasteiger partial charge is 0.350 e.